The molecule has 150 valence electrons. The highest BCUT2D eigenvalue weighted by molar-refractivity contribution is 7.89. The van der Waals surface area contributed by atoms with Gasteiger partial charge in [-0.15, -0.1) is 0 Å². The minimum Gasteiger partial charge on any atom is -0.452 e. The standard InChI is InChI=1S/C17H15Cl3N2O5S/c1-22(2)28(25,26)11-5-3-4-10(8-11)21-14(23)9-27-17(24)15-12(18)6-7-13(19)16(15)20/h3-8H,9H2,1-2H3,(H,21,23). The quantitative estimate of drug-likeness (QED) is 0.519. The first kappa shape index (κ1) is 22.4. The van der Waals surface area contributed by atoms with E-state index in [0.29, 0.717) is 0 Å². The van der Waals surface area contributed by atoms with Crippen LogP contribution >= 0.6 is 34.8 Å². The molecule has 0 unspecified atom stereocenters. The Kier molecular flexibility index (Phi) is 7.30. The highest BCUT2D eigenvalue weighted by Gasteiger charge is 2.20. The SMILES string of the molecule is CN(C)S(=O)(=O)c1cccc(NC(=O)COC(=O)c2c(Cl)ccc(Cl)c2Cl)c1. The van der Waals surface area contributed by atoms with Crippen LogP contribution < -0.4 is 5.32 Å². The summed E-state index contributed by atoms with van der Waals surface area (Å²) < 4.78 is 30.2. The summed E-state index contributed by atoms with van der Waals surface area (Å²) in [6, 6.07) is 8.46. The Morgan fingerprint density at radius 3 is 2.36 bits per heavy atom. The van der Waals surface area contributed by atoms with E-state index in [0.717, 1.165) is 4.31 Å². The second kappa shape index (κ2) is 9.11. The normalized spacial score (nSPS) is 11.4. The van der Waals surface area contributed by atoms with E-state index in [1.807, 2.05) is 0 Å². The minimum absolute atomic E-state index is 0.00443. The molecular weight excluding hydrogens is 451 g/mol. The lowest BCUT2D eigenvalue weighted by Gasteiger charge is -2.13. The van der Waals surface area contributed by atoms with Crippen molar-refractivity contribution in [3.8, 4) is 0 Å². The zero-order valence-electron chi connectivity index (χ0n) is 14.7. The molecule has 1 N–H and O–H groups in total. The minimum atomic E-state index is -3.66. The van der Waals surface area contributed by atoms with E-state index in [2.05, 4.69) is 5.32 Å². The molecule has 0 aliphatic rings. The second-order valence-corrected chi connectivity index (χ2v) is 9.00. The summed E-state index contributed by atoms with van der Waals surface area (Å²) in [6.45, 7) is -0.636. The first-order chi connectivity index (χ1) is 13.0. The van der Waals surface area contributed by atoms with Gasteiger partial charge in [0.15, 0.2) is 6.61 Å². The molecule has 2 aromatic carbocycles. The molecule has 0 bridgehead atoms. The number of benzene rings is 2. The molecule has 0 atom stereocenters. The summed E-state index contributed by atoms with van der Waals surface area (Å²) in [7, 11) is -0.866. The van der Waals surface area contributed by atoms with Crippen molar-refractivity contribution >= 4 is 62.4 Å². The lowest BCUT2D eigenvalue weighted by Crippen LogP contribution is -2.23. The van der Waals surface area contributed by atoms with Crippen LogP contribution in [0.15, 0.2) is 41.3 Å². The van der Waals surface area contributed by atoms with Gasteiger partial charge in [0.25, 0.3) is 5.91 Å². The van der Waals surface area contributed by atoms with E-state index in [9.17, 15) is 18.0 Å². The molecule has 0 spiro atoms. The topological polar surface area (TPSA) is 92.8 Å². The number of sulfonamides is 1. The zero-order chi connectivity index (χ0) is 21.1. The van der Waals surface area contributed by atoms with Crippen molar-refractivity contribution in [2.45, 2.75) is 4.90 Å². The number of nitrogens with one attached hydrogen (secondary N) is 1. The number of halogens is 3. The third-order valence-electron chi connectivity index (χ3n) is 3.48. The smallest absolute Gasteiger partial charge is 0.341 e. The first-order valence-corrected chi connectivity index (χ1v) is 10.2. The number of hydrogen-bond donors (Lipinski definition) is 1. The van der Waals surface area contributed by atoms with Gasteiger partial charge in [-0.05, 0) is 30.3 Å². The van der Waals surface area contributed by atoms with Gasteiger partial charge in [-0.3, -0.25) is 4.79 Å². The van der Waals surface area contributed by atoms with Crippen molar-refractivity contribution in [3.05, 3.63) is 57.0 Å². The van der Waals surface area contributed by atoms with Crippen LogP contribution in [0.2, 0.25) is 15.1 Å². The summed E-state index contributed by atoms with van der Waals surface area (Å²) >= 11 is 17.7. The van der Waals surface area contributed by atoms with Gasteiger partial charge < -0.3 is 10.1 Å². The number of esters is 1. The van der Waals surface area contributed by atoms with Crippen LogP contribution in [0.4, 0.5) is 5.69 Å². The van der Waals surface area contributed by atoms with Crippen LogP contribution in [0.3, 0.4) is 0 Å². The largest absolute Gasteiger partial charge is 0.452 e. The summed E-state index contributed by atoms with van der Waals surface area (Å²) in [5.74, 6) is -1.60. The Labute approximate surface area is 177 Å². The van der Waals surface area contributed by atoms with E-state index >= 15 is 0 Å². The molecule has 0 saturated carbocycles. The van der Waals surface area contributed by atoms with E-state index in [1.165, 1.54) is 50.5 Å². The Bertz CT molecular complexity index is 1030. The number of carbonyl (C=O) groups is 2. The molecule has 0 aliphatic heterocycles. The van der Waals surface area contributed by atoms with Gasteiger partial charge in [0.2, 0.25) is 10.0 Å². The second-order valence-electron chi connectivity index (χ2n) is 5.66. The van der Waals surface area contributed by atoms with E-state index in [-0.39, 0.29) is 31.2 Å². The highest BCUT2D eigenvalue weighted by atomic mass is 35.5. The van der Waals surface area contributed by atoms with Gasteiger partial charge in [-0.2, -0.15) is 0 Å². The maximum Gasteiger partial charge on any atom is 0.341 e. The lowest BCUT2D eigenvalue weighted by atomic mass is 10.2. The number of rotatable bonds is 6. The Morgan fingerprint density at radius 1 is 1.07 bits per heavy atom. The predicted octanol–water partition coefficient (Wildman–Crippen LogP) is 3.69. The molecule has 28 heavy (non-hydrogen) atoms. The monoisotopic (exact) mass is 464 g/mol. The fraction of sp³-hybridized carbons (Fsp3) is 0.176. The molecule has 0 saturated heterocycles. The Balaban J connectivity index is 2.06. The van der Waals surface area contributed by atoms with Crippen LogP contribution in [0.25, 0.3) is 0 Å². The Hall–Kier alpha value is -1.84. The van der Waals surface area contributed by atoms with Crippen molar-refractivity contribution in [1.82, 2.24) is 4.31 Å². The van der Waals surface area contributed by atoms with Gasteiger partial charge in [0.1, 0.15) is 0 Å². The van der Waals surface area contributed by atoms with Crippen molar-refractivity contribution in [3.63, 3.8) is 0 Å². The van der Waals surface area contributed by atoms with E-state index in [4.69, 9.17) is 39.5 Å². The van der Waals surface area contributed by atoms with Crippen LogP contribution in [0.1, 0.15) is 10.4 Å². The fourth-order valence-electron chi connectivity index (χ4n) is 2.06. The molecule has 0 heterocycles. The number of anilines is 1. The van der Waals surface area contributed by atoms with Crippen LogP contribution in [0.5, 0.6) is 0 Å². The summed E-state index contributed by atoms with van der Waals surface area (Å²) in [4.78, 5) is 24.2. The van der Waals surface area contributed by atoms with Gasteiger partial charge >= 0.3 is 5.97 Å². The Morgan fingerprint density at radius 2 is 1.71 bits per heavy atom. The number of ether oxygens (including phenoxy) is 1. The maximum atomic E-state index is 12.1. The molecule has 2 rings (SSSR count). The van der Waals surface area contributed by atoms with Crippen molar-refractivity contribution in [1.29, 1.82) is 0 Å². The molecule has 0 fully saturated rings. The van der Waals surface area contributed by atoms with Gasteiger partial charge in [0.05, 0.1) is 25.5 Å². The van der Waals surface area contributed by atoms with Gasteiger partial charge in [-0.1, -0.05) is 40.9 Å². The fourth-order valence-corrected chi connectivity index (χ4v) is 3.69. The summed E-state index contributed by atoms with van der Waals surface area (Å²) in [6.07, 6.45) is 0. The van der Waals surface area contributed by atoms with Gasteiger partial charge in [0, 0.05) is 19.8 Å². The molecule has 0 aromatic heterocycles. The zero-order valence-corrected chi connectivity index (χ0v) is 17.8. The number of hydrogen-bond acceptors (Lipinski definition) is 5. The molecule has 7 nitrogen and oxygen atoms in total. The average Bonchev–Trinajstić information content (AvgIpc) is 2.63. The van der Waals surface area contributed by atoms with Crippen LogP contribution in [-0.4, -0.2) is 45.3 Å². The summed E-state index contributed by atoms with van der Waals surface area (Å²) in [5.41, 5.74) is 0.0745. The number of carbonyl (C=O) groups excluding carboxylic acids is 2. The highest BCUT2D eigenvalue weighted by Crippen LogP contribution is 2.31. The first-order valence-electron chi connectivity index (χ1n) is 7.67. The molecule has 1 amide bonds. The molecular formula is C17H15Cl3N2O5S. The predicted molar refractivity (Wildman–Crippen MR) is 108 cm³/mol. The molecule has 0 radical (unpaired) electrons. The summed E-state index contributed by atoms with van der Waals surface area (Å²) in [5, 5.41) is 2.51. The van der Waals surface area contributed by atoms with Crippen molar-refractivity contribution in [2.24, 2.45) is 0 Å². The third kappa shape index (κ3) is 5.15. The average molecular weight is 466 g/mol. The number of amides is 1. The van der Waals surface area contributed by atoms with Crippen LogP contribution in [0, 0.1) is 0 Å². The molecule has 2 aromatic rings. The lowest BCUT2D eigenvalue weighted by molar-refractivity contribution is -0.119. The van der Waals surface area contributed by atoms with Crippen LogP contribution in [-0.2, 0) is 19.6 Å². The van der Waals surface area contributed by atoms with Crippen molar-refractivity contribution in [2.75, 3.05) is 26.0 Å². The third-order valence-corrected chi connectivity index (χ3v) is 6.41. The van der Waals surface area contributed by atoms with E-state index in [1.54, 1.807) is 0 Å². The van der Waals surface area contributed by atoms with Crippen molar-refractivity contribution < 1.29 is 22.7 Å². The number of nitrogens with zero attached hydrogens (tertiary/aromatic N) is 1. The molecule has 11 heteroatoms. The van der Waals surface area contributed by atoms with Gasteiger partial charge in [-0.25, -0.2) is 17.5 Å². The molecule has 0 aliphatic carbocycles. The van der Waals surface area contributed by atoms with E-state index < -0.39 is 28.5 Å². The maximum absolute atomic E-state index is 12.1.